The highest BCUT2D eigenvalue weighted by Gasteiger charge is 2.48. The lowest BCUT2D eigenvalue weighted by Crippen LogP contribution is -2.54. The number of amides is 1. The Morgan fingerprint density at radius 2 is 1.86 bits per heavy atom. The topological polar surface area (TPSA) is 62.5 Å². The summed E-state index contributed by atoms with van der Waals surface area (Å²) in [6.45, 7) is 2.59. The molecule has 3 atom stereocenters. The summed E-state index contributed by atoms with van der Waals surface area (Å²) < 4.78 is 43.0. The maximum Gasteiger partial charge on any atom is 0.408 e. The molecule has 0 aliphatic carbocycles. The number of benzene rings is 2. The van der Waals surface area contributed by atoms with Crippen LogP contribution < -0.4 is 5.43 Å². The summed E-state index contributed by atoms with van der Waals surface area (Å²) in [4.78, 5) is 27.2. The zero-order valence-electron chi connectivity index (χ0n) is 19.3. The van der Waals surface area contributed by atoms with E-state index in [1.807, 2.05) is 37.3 Å². The third-order valence-electron chi connectivity index (χ3n) is 7.04. The van der Waals surface area contributed by atoms with E-state index in [-0.39, 0.29) is 6.54 Å². The second-order valence-corrected chi connectivity index (χ2v) is 10.5. The minimum Gasteiger partial charge on any atom is -0.503 e. The van der Waals surface area contributed by atoms with Gasteiger partial charge in [0.25, 0.3) is 5.91 Å². The van der Waals surface area contributed by atoms with Crippen LogP contribution >= 0.6 is 23.4 Å². The van der Waals surface area contributed by atoms with Crippen molar-refractivity contribution in [3.8, 4) is 5.75 Å². The normalized spacial score (nSPS) is 20.3. The fourth-order valence-corrected chi connectivity index (χ4v) is 6.71. The highest BCUT2D eigenvalue weighted by Crippen LogP contribution is 2.50. The molecular weight excluding hydrogens is 513 g/mol. The quantitative estimate of drug-likeness (QED) is 0.444. The van der Waals surface area contributed by atoms with E-state index in [0.29, 0.717) is 15.7 Å². The second kappa shape index (κ2) is 8.88. The molecule has 2 aromatic carbocycles. The number of carbonyl (C=O) groups is 1. The van der Waals surface area contributed by atoms with Crippen molar-refractivity contribution in [3.63, 3.8) is 0 Å². The lowest BCUT2D eigenvalue weighted by Gasteiger charge is -2.43. The number of thioether (sulfide) groups is 1. The van der Waals surface area contributed by atoms with Crippen molar-refractivity contribution in [1.82, 2.24) is 9.47 Å². The van der Waals surface area contributed by atoms with Crippen LogP contribution in [0, 0.1) is 6.92 Å². The molecule has 2 aliphatic heterocycles. The number of aromatic nitrogens is 1. The molecule has 1 aromatic heterocycles. The Labute approximate surface area is 214 Å². The third-order valence-corrected chi connectivity index (χ3v) is 8.67. The molecule has 1 N–H and O–H groups in total. The fraction of sp³-hybridized carbons (Fsp3) is 0.308. The Balaban J connectivity index is 1.82. The van der Waals surface area contributed by atoms with Crippen molar-refractivity contribution in [2.24, 2.45) is 0 Å². The van der Waals surface area contributed by atoms with Crippen LogP contribution in [0.3, 0.4) is 0 Å². The number of aryl methyl sites for hydroxylation is 1. The van der Waals surface area contributed by atoms with Crippen LogP contribution in [-0.4, -0.2) is 39.2 Å². The first-order chi connectivity index (χ1) is 17.0. The number of rotatable bonds is 2. The van der Waals surface area contributed by atoms with Crippen molar-refractivity contribution >= 4 is 29.3 Å². The smallest absolute Gasteiger partial charge is 0.408 e. The Morgan fingerprint density at radius 1 is 1.14 bits per heavy atom. The molecule has 3 aromatic rings. The summed E-state index contributed by atoms with van der Waals surface area (Å²) >= 11 is 8.37. The molecule has 0 radical (unpaired) electrons. The molecule has 0 saturated carbocycles. The first kappa shape index (κ1) is 24.8. The number of halogens is 4. The average molecular weight is 535 g/mol. The zero-order chi connectivity index (χ0) is 25.9. The third kappa shape index (κ3) is 3.89. The second-order valence-electron chi connectivity index (χ2n) is 9.10. The first-order valence-electron chi connectivity index (χ1n) is 11.3. The van der Waals surface area contributed by atoms with E-state index in [1.165, 1.54) is 10.8 Å². The largest absolute Gasteiger partial charge is 0.503 e. The van der Waals surface area contributed by atoms with Crippen molar-refractivity contribution in [1.29, 1.82) is 0 Å². The molecule has 0 spiro atoms. The molecule has 5 rings (SSSR count). The molecule has 0 bridgehead atoms. The van der Waals surface area contributed by atoms with Crippen LogP contribution in [0.4, 0.5) is 13.2 Å². The van der Waals surface area contributed by atoms with Gasteiger partial charge in [0.15, 0.2) is 11.4 Å². The highest BCUT2D eigenvalue weighted by atomic mass is 35.5. The summed E-state index contributed by atoms with van der Waals surface area (Å²) in [7, 11) is 0. The molecule has 188 valence electrons. The minimum atomic E-state index is -4.70. The van der Waals surface area contributed by atoms with E-state index in [4.69, 9.17) is 11.6 Å². The Morgan fingerprint density at radius 3 is 2.58 bits per heavy atom. The molecule has 5 nitrogen and oxygen atoms in total. The van der Waals surface area contributed by atoms with Crippen LogP contribution in [0.2, 0.25) is 5.02 Å². The average Bonchev–Trinajstić information content (AvgIpc) is 2.99. The predicted molar refractivity (Wildman–Crippen MR) is 132 cm³/mol. The zero-order valence-corrected chi connectivity index (χ0v) is 20.9. The van der Waals surface area contributed by atoms with Crippen molar-refractivity contribution in [2.75, 3.05) is 6.54 Å². The number of nitrogens with zero attached hydrogens (tertiary/aromatic N) is 2. The molecular formula is C26H22ClF3N2O3S. The summed E-state index contributed by atoms with van der Waals surface area (Å²) in [5.74, 6) is -1.84. The fourth-order valence-electron chi connectivity index (χ4n) is 5.19. The number of pyridine rings is 1. The van der Waals surface area contributed by atoms with E-state index in [9.17, 15) is 27.9 Å². The minimum absolute atomic E-state index is 0.289. The molecule has 36 heavy (non-hydrogen) atoms. The maximum absolute atomic E-state index is 13.8. The van der Waals surface area contributed by atoms with Gasteiger partial charge < -0.3 is 14.6 Å². The number of fused-ring (bicyclic) bond motifs is 3. The van der Waals surface area contributed by atoms with E-state index >= 15 is 0 Å². The number of alkyl halides is 3. The van der Waals surface area contributed by atoms with E-state index in [1.54, 1.807) is 17.8 Å². The van der Waals surface area contributed by atoms with Gasteiger partial charge in [-0.2, -0.15) is 13.2 Å². The van der Waals surface area contributed by atoms with Gasteiger partial charge in [-0.3, -0.25) is 9.59 Å². The molecule has 0 fully saturated rings. The van der Waals surface area contributed by atoms with Crippen LogP contribution in [0.5, 0.6) is 5.75 Å². The van der Waals surface area contributed by atoms with E-state index in [2.05, 4.69) is 0 Å². The standard InChI is InChI=1S/C26H22ClF3N2O3S/c1-13-5-3-7-16-21(20-15(12-36-24(13)16)6-4-8-17(20)27)18-11-32(14(2)26(28,29)30)25(35)22-23(34)19(33)9-10-31(18)22/h3-10,14,18,21,34H,11-12H2,1-2H3/t14-,18?,21+/m1/s1. The number of hydrogen-bond acceptors (Lipinski definition) is 4. The van der Waals surface area contributed by atoms with Crippen LogP contribution in [0.25, 0.3) is 0 Å². The van der Waals surface area contributed by atoms with Crippen LogP contribution in [-0.2, 0) is 5.75 Å². The predicted octanol–water partition coefficient (Wildman–Crippen LogP) is 5.90. The van der Waals surface area contributed by atoms with E-state index < -0.39 is 47.0 Å². The van der Waals surface area contributed by atoms with Gasteiger partial charge in [-0.05, 0) is 42.2 Å². The lowest BCUT2D eigenvalue weighted by atomic mass is 9.80. The molecule has 2 aliphatic rings. The molecule has 3 heterocycles. The van der Waals surface area contributed by atoms with Gasteiger partial charge in [0.05, 0.1) is 6.04 Å². The van der Waals surface area contributed by atoms with Gasteiger partial charge in [-0.25, -0.2) is 0 Å². The maximum atomic E-state index is 13.8. The summed E-state index contributed by atoms with van der Waals surface area (Å²) in [5, 5.41) is 11.0. The number of aromatic hydroxyl groups is 1. The summed E-state index contributed by atoms with van der Waals surface area (Å²) in [6, 6.07) is 9.53. The molecule has 0 saturated heterocycles. The molecule has 1 amide bonds. The van der Waals surface area contributed by atoms with Crippen molar-refractivity contribution in [3.05, 3.63) is 91.9 Å². The molecule has 1 unspecified atom stereocenters. The van der Waals surface area contributed by atoms with Crippen LogP contribution in [0.1, 0.15) is 51.6 Å². The summed E-state index contributed by atoms with van der Waals surface area (Å²) in [5.41, 5.74) is 2.30. The SMILES string of the molecule is Cc1cccc2c1SCc1cccc(Cl)c1[C@@H]2C1CN([C@H](C)C(F)(F)F)C(=O)c2c(O)c(=O)ccn21. The number of hydrogen-bond donors (Lipinski definition) is 1. The van der Waals surface area contributed by atoms with Gasteiger partial charge in [0.1, 0.15) is 6.04 Å². The van der Waals surface area contributed by atoms with Gasteiger partial charge in [-0.1, -0.05) is 41.9 Å². The van der Waals surface area contributed by atoms with Gasteiger partial charge in [0, 0.05) is 40.4 Å². The van der Waals surface area contributed by atoms with Gasteiger partial charge in [-0.15, -0.1) is 11.8 Å². The Kier molecular flexibility index (Phi) is 6.11. The van der Waals surface area contributed by atoms with E-state index in [0.717, 1.165) is 40.1 Å². The van der Waals surface area contributed by atoms with Crippen molar-refractivity contribution in [2.45, 2.75) is 48.7 Å². The summed E-state index contributed by atoms with van der Waals surface area (Å²) in [6.07, 6.45) is -3.32. The van der Waals surface area contributed by atoms with Crippen molar-refractivity contribution < 1.29 is 23.1 Å². The first-order valence-corrected chi connectivity index (χ1v) is 12.7. The van der Waals surface area contributed by atoms with Gasteiger partial charge in [0.2, 0.25) is 5.43 Å². The number of carbonyl (C=O) groups excluding carboxylic acids is 1. The Hall–Kier alpha value is -2.91. The lowest BCUT2D eigenvalue weighted by molar-refractivity contribution is -0.174. The Bertz CT molecular complexity index is 1440. The van der Waals surface area contributed by atoms with Crippen LogP contribution in [0.15, 0.2) is 58.4 Å². The highest BCUT2D eigenvalue weighted by molar-refractivity contribution is 7.98. The molecule has 10 heteroatoms. The van der Waals surface area contributed by atoms with Gasteiger partial charge >= 0.3 is 6.18 Å². The monoisotopic (exact) mass is 534 g/mol.